The van der Waals surface area contributed by atoms with Crippen LogP contribution in [0.25, 0.3) is 11.0 Å². The van der Waals surface area contributed by atoms with E-state index in [9.17, 15) is 4.79 Å². The van der Waals surface area contributed by atoms with E-state index in [4.69, 9.17) is 4.42 Å². The summed E-state index contributed by atoms with van der Waals surface area (Å²) in [6.45, 7) is 3.33. The van der Waals surface area contributed by atoms with Gasteiger partial charge in [-0.2, -0.15) is 0 Å². The topological polar surface area (TPSA) is 58.4 Å². The number of nitrogens with one attached hydrogen (secondary N) is 1. The minimum Gasteiger partial charge on any atom is -0.450 e. The van der Waals surface area contributed by atoms with Gasteiger partial charge in [0.15, 0.2) is 3.77 Å². The minimum atomic E-state index is -0.101. The van der Waals surface area contributed by atoms with Crippen LogP contribution in [0.1, 0.15) is 23.3 Å². The molecule has 6 heteroatoms. The molecule has 3 unspecified atom stereocenters. The molecule has 5 nitrogen and oxygen atoms in total. The van der Waals surface area contributed by atoms with Crippen molar-refractivity contribution < 1.29 is 9.21 Å². The molecular weight excluding hydrogens is 381 g/mol. The Balaban J connectivity index is 1.50. The predicted molar refractivity (Wildman–Crippen MR) is 87.1 cm³/mol. The van der Waals surface area contributed by atoms with Gasteiger partial charge in [-0.15, -0.1) is 0 Å². The van der Waals surface area contributed by atoms with Crippen LogP contribution in [0, 0.1) is 9.68 Å². The third-order valence-corrected chi connectivity index (χ3v) is 4.94. The molecule has 2 aliphatic rings. The fourth-order valence-electron chi connectivity index (χ4n) is 3.45. The smallest absolute Gasteiger partial charge is 0.270 e. The van der Waals surface area contributed by atoms with E-state index >= 15 is 0 Å². The maximum absolute atomic E-state index is 12.4. The SMILES string of the molecule is O=C(NC1CC2CCN(C2)C1)c1cc2oc(I)cc2cn1. The molecule has 21 heavy (non-hydrogen) atoms. The normalized spacial score (nSPS) is 28.0. The number of hydrogen-bond donors (Lipinski definition) is 1. The number of furan rings is 1. The van der Waals surface area contributed by atoms with Crippen LogP contribution in [-0.4, -0.2) is 41.5 Å². The summed E-state index contributed by atoms with van der Waals surface area (Å²) in [5.74, 6) is 0.641. The van der Waals surface area contributed by atoms with Crippen LogP contribution < -0.4 is 5.32 Å². The Morgan fingerprint density at radius 3 is 3.19 bits per heavy atom. The zero-order chi connectivity index (χ0) is 14.4. The lowest BCUT2D eigenvalue weighted by Crippen LogP contribution is -2.47. The molecule has 1 N–H and O–H groups in total. The number of fused-ring (bicyclic) bond motifs is 3. The first-order chi connectivity index (χ1) is 10.2. The van der Waals surface area contributed by atoms with E-state index in [1.54, 1.807) is 12.3 Å². The molecule has 1 amide bonds. The predicted octanol–water partition coefficient (Wildman–Crippen LogP) is 2.26. The molecule has 2 aromatic rings. The van der Waals surface area contributed by atoms with E-state index in [2.05, 4.69) is 37.8 Å². The number of amides is 1. The lowest BCUT2D eigenvalue weighted by Gasteiger charge is -2.30. The highest BCUT2D eigenvalue weighted by atomic mass is 127. The van der Waals surface area contributed by atoms with Crippen molar-refractivity contribution in [2.45, 2.75) is 18.9 Å². The summed E-state index contributed by atoms with van der Waals surface area (Å²) in [6, 6.07) is 3.88. The molecule has 4 rings (SSSR count). The minimum absolute atomic E-state index is 0.101. The van der Waals surface area contributed by atoms with Gasteiger partial charge in [-0.05, 0) is 54.0 Å². The summed E-state index contributed by atoms with van der Waals surface area (Å²) in [5, 5.41) is 4.05. The Bertz CT molecular complexity index is 687. The van der Waals surface area contributed by atoms with Crippen LogP contribution in [0.4, 0.5) is 0 Å². The van der Waals surface area contributed by atoms with Crippen LogP contribution in [0.15, 0.2) is 22.7 Å². The van der Waals surface area contributed by atoms with Gasteiger partial charge in [-0.1, -0.05) is 0 Å². The molecule has 2 bridgehead atoms. The number of rotatable bonds is 2. The Labute approximate surface area is 136 Å². The van der Waals surface area contributed by atoms with Crippen molar-refractivity contribution in [1.82, 2.24) is 15.2 Å². The summed E-state index contributed by atoms with van der Waals surface area (Å²) < 4.78 is 6.36. The lowest BCUT2D eigenvalue weighted by molar-refractivity contribution is 0.0904. The Morgan fingerprint density at radius 1 is 1.43 bits per heavy atom. The van der Waals surface area contributed by atoms with Gasteiger partial charge in [0.1, 0.15) is 11.3 Å². The Morgan fingerprint density at radius 2 is 2.33 bits per heavy atom. The summed E-state index contributed by atoms with van der Waals surface area (Å²) in [6.07, 6.45) is 4.05. The largest absolute Gasteiger partial charge is 0.450 e. The Kier molecular flexibility index (Phi) is 3.37. The van der Waals surface area contributed by atoms with E-state index < -0.39 is 0 Å². The first kappa shape index (κ1) is 13.5. The van der Waals surface area contributed by atoms with Gasteiger partial charge < -0.3 is 14.6 Å². The van der Waals surface area contributed by atoms with Crippen molar-refractivity contribution in [3.8, 4) is 0 Å². The zero-order valence-electron chi connectivity index (χ0n) is 11.5. The Hall–Kier alpha value is -1.15. The van der Waals surface area contributed by atoms with E-state index in [1.807, 2.05) is 6.07 Å². The van der Waals surface area contributed by atoms with Gasteiger partial charge >= 0.3 is 0 Å². The number of carbonyl (C=O) groups excluding carboxylic acids is 1. The number of nitrogens with zero attached hydrogens (tertiary/aromatic N) is 2. The van der Waals surface area contributed by atoms with Crippen molar-refractivity contribution in [2.24, 2.45) is 5.92 Å². The first-order valence-electron chi connectivity index (χ1n) is 7.26. The summed E-state index contributed by atoms with van der Waals surface area (Å²) in [7, 11) is 0. The monoisotopic (exact) mass is 397 g/mol. The molecule has 0 aromatic carbocycles. The van der Waals surface area contributed by atoms with Crippen molar-refractivity contribution in [3.05, 3.63) is 27.8 Å². The van der Waals surface area contributed by atoms with Crippen molar-refractivity contribution in [2.75, 3.05) is 19.6 Å². The highest BCUT2D eigenvalue weighted by Gasteiger charge is 2.33. The molecule has 110 valence electrons. The molecular formula is C15H16IN3O2. The van der Waals surface area contributed by atoms with E-state index in [0.29, 0.717) is 11.3 Å². The third-order valence-electron chi connectivity index (χ3n) is 4.41. The molecule has 3 atom stereocenters. The van der Waals surface area contributed by atoms with Gasteiger partial charge in [0.25, 0.3) is 5.91 Å². The molecule has 2 aromatic heterocycles. The van der Waals surface area contributed by atoms with Crippen LogP contribution in [0.3, 0.4) is 0 Å². The van der Waals surface area contributed by atoms with Crippen LogP contribution in [0.5, 0.6) is 0 Å². The van der Waals surface area contributed by atoms with Crippen LogP contribution >= 0.6 is 22.6 Å². The number of hydrogen-bond acceptors (Lipinski definition) is 4. The highest BCUT2D eigenvalue weighted by molar-refractivity contribution is 14.1. The number of carbonyl (C=O) groups is 1. The van der Waals surface area contributed by atoms with Gasteiger partial charge in [-0.3, -0.25) is 9.78 Å². The summed E-state index contributed by atoms with van der Waals surface area (Å²) in [5.41, 5.74) is 1.15. The fourth-order valence-corrected chi connectivity index (χ4v) is 4.02. The standard InChI is InChI=1S/C15H16IN3O2/c16-14-4-10-6-17-12(5-13(10)21-14)15(20)18-11-3-9-1-2-19(7-9)8-11/h4-6,9,11H,1-3,7-8H2,(H,18,20). The maximum Gasteiger partial charge on any atom is 0.270 e. The number of piperidine rings is 1. The first-order valence-corrected chi connectivity index (χ1v) is 8.33. The van der Waals surface area contributed by atoms with Gasteiger partial charge in [0.05, 0.1) is 0 Å². The van der Waals surface area contributed by atoms with Gasteiger partial charge in [0, 0.05) is 36.8 Å². The second kappa shape index (κ2) is 5.24. The molecule has 0 spiro atoms. The maximum atomic E-state index is 12.4. The quantitative estimate of drug-likeness (QED) is 0.791. The van der Waals surface area contributed by atoms with E-state index in [0.717, 1.165) is 28.0 Å². The van der Waals surface area contributed by atoms with Gasteiger partial charge in [0.2, 0.25) is 0 Å². The van der Waals surface area contributed by atoms with Gasteiger partial charge in [-0.25, -0.2) is 0 Å². The summed E-state index contributed by atoms with van der Waals surface area (Å²) >= 11 is 2.12. The number of pyridine rings is 1. The van der Waals surface area contributed by atoms with E-state index in [-0.39, 0.29) is 11.9 Å². The molecule has 2 saturated heterocycles. The highest BCUT2D eigenvalue weighted by Crippen LogP contribution is 2.27. The molecule has 2 fully saturated rings. The summed E-state index contributed by atoms with van der Waals surface area (Å²) in [4.78, 5) is 19.0. The van der Waals surface area contributed by atoms with Crippen LogP contribution in [0.2, 0.25) is 0 Å². The average molecular weight is 397 g/mol. The number of halogens is 1. The van der Waals surface area contributed by atoms with Crippen LogP contribution in [-0.2, 0) is 0 Å². The second-order valence-corrected chi connectivity index (χ2v) is 7.04. The third kappa shape index (κ3) is 2.66. The lowest BCUT2D eigenvalue weighted by atomic mass is 9.97. The van der Waals surface area contributed by atoms with Crippen molar-refractivity contribution in [1.29, 1.82) is 0 Å². The molecule has 0 saturated carbocycles. The molecule has 2 aliphatic heterocycles. The van der Waals surface area contributed by atoms with Crippen molar-refractivity contribution >= 4 is 39.5 Å². The number of aromatic nitrogens is 1. The molecule has 4 heterocycles. The zero-order valence-corrected chi connectivity index (χ0v) is 13.7. The fraction of sp³-hybridized carbons (Fsp3) is 0.467. The van der Waals surface area contributed by atoms with Crippen molar-refractivity contribution in [3.63, 3.8) is 0 Å². The average Bonchev–Trinajstić information content (AvgIpc) is 2.99. The van der Waals surface area contributed by atoms with E-state index in [1.165, 1.54) is 19.5 Å². The second-order valence-electron chi connectivity index (χ2n) is 5.98. The molecule has 0 radical (unpaired) electrons. The molecule has 0 aliphatic carbocycles.